The standard InChI is InChI=1S/C25H20ClFN6O4S/c1-12-4-15(22-16(5-12)32-19(35-3)9-30-22)24-33-23-18(38-24)6-17(21(27)20(23)26)36-10-13(2)37-25(34)31-14-7-28-11-29-8-14/h4-9,11,13H,10H2,1-3H3,(H,31,34)/t13-/m1/s1. The minimum Gasteiger partial charge on any atom is -0.487 e. The van der Waals surface area contributed by atoms with Crippen LogP contribution >= 0.6 is 22.9 Å². The lowest BCUT2D eigenvalue weighted by molar-refractivity contribution is 0.0844. The zero-order chi connectivity index (χ0) is 26.8. The Morgan fingerprint density at radius 1 is 1.16 bits per heavy atom. The van der Waals surface area contributed by atoms with Crippen molar-refractivity contribution >= 4 is 56.0 Å². The highest BCUT2D eigenvalue weighted by atomic mass is 35.5. The Hall–Kier alpha value is -4.16. The average molecular weight is 555 g/mol. The minimum atomic E-state index is -0.757. The molecule has 0 saturated heterocycles. The molecule has 1 amide bonds. The zero-order valence-electron chi connectivity index (χ0n) is 20.4. The monoisotopic (exact) mass is 554 g/mol. The van der Waals surface area contributed by atoms with Crippen LogP contribution in [-0.4, -0.2) is 50.8 Å². The van der Waals surface area contributed by atoms with Crippen LogP contribution in [-0.2, 0) is 4.74 Å². The Morgan fingerprint density at radius 2 is 1.95 bits per heavy atom. The molecule has 13 heteroatoms. The molecular weight excluding hydrogens is 535 g/mol. The van der Waals surface area contributed by atoms with E-state index in [1.54, 1.807) is 6.92 Å². The predicted octanol–water partition coefficient (Wildman–Crippen LogP) is 5.82. The van der Waals surface area contributed by atoms with Crippen LogP contribution in [0.25, 0.3) is 31.8 Å². The number of hydrogen-bond acceptors (Lipinski definition) is 10. The van der Waals surface area contributed by atoms with Crippen molar-refractivity contribution in [2.75, 3.05) is 19.0 Å². The number of hydrogen-bond donors (Lipinski definition) is 1. The summed E-state index contributed by atoms with van der Waals surface area (Å²) in [6.07, 6.45) is 4.31. The van der Waals surface area contributed by atoms with Crippen molar-refractivity contribution in [1.82, 2.24) is 24.9 Å². The number of amides is 1. The smallest absolute Gasteiger partial charge is 0.412 e. The first-order valence-electron chi connectivity index (χ1n) is 11.3. The number of carbonyl (C=O) groups excluding carboxylic acids is 1. The first-order chi connectivity index (χ1) is 18.3. The van der Waals surface area contributed by atoms with Gasteiger partial charge in [-0.15, -0.1) is 11.3 Å². The summed E-state index contributed by atoms with van der Waals surface area (Å²) in [6.45, 7) is 3.44. The second kappa shape index (κ2) is 10.7. The van der Waals surface area contributed by atoms with E-state index in [-0.39, 0.29) is 17.4 Å². The number of halogens is 2. The van der Waals surface area contributed by atoms with Gasteiger partial charge in [0.25, 0.3) is 0 Å². The number of benzene rings is 2. The van der Waals surface area contributed by atoms with Gasteiger partial charge >= 0.3 is 6.09 Å². The number of nitrogens with zero attached hydrogens (tertiary/aromatic N) is 5. The van der Waals surface area contributed by atoms with E-state index in [4.69, 9.17) is 25.8 Å². The third-order valence-corrected chi connectivity index (χ3v) is 6.71. The Bertz CT molecular complexity index is 1650. The Balaban J connectivity index is 1.37. The van der Waals surface area contributed by atoms with Crippen molar-refractivity contribution in [3.8, 4) is 22.2 Å². The molecule has 38 heavy (non-hydrogen) atoms. The van der Waals surface area contributed by atoms with Crippen molar-refractivity contribution in [2.45, 2.75) is 20.0 Å². The molecule has 10 nitrogen and oxygen atoms in total. The van der Waals surface area contributed by atoms with Crippen LogP contribution in [0.4, 0.5) is 14.9 Å². The second-order valence-electron chi connectivity index (χ2n) is 8.24. The van der Waals surface area contributed by atoms with E-state index in [1.807, 2.05) is 19.1 Å². The number of thiazole rings is 1. The van der Waals surface area contributed by atoms with Gasteiger partial charge in [0.1, 0.15) is 34.6 Å². The lowest BCUT2D eigenvalue weighted by atomic mass is 10.1. The van der Waals surface area contributed by atoms with E-state index in [0.717, 1.165) is 11.1 Å². The SMILES string of the molecule is COc1cnc2c(-c3nc4c(Cl)c(F)c(OC[C@@H](C)OC(=O)Nc5cncnc5)cc4s3)cc(C)cc2n1. The quantitative estimate of drug-likeness (QED) is 0.265. The lowest BCUT2D eigenvalue weighted by Gasteiger charge is -2.15. The Kier molecular flexibility index (Phi) is 7.16. The van der Waals surface area contributed by atoms with Crippen LogP contribution in [0.2, 0.25) is 5.02 Å². The predicted molar refractivity (Wildman–Crippen MR) is 142 cm³/mol. The van der Waals surface area contributed by atoms with Crippen molar-refractivity contribution in [3.05, 3.63) is 59.5 Å². The van der Waals surface area contributed by atoms with Crippen molar-refractivity contribution in [3.63, 3.8) is 0 Å². The van der Waals surface area contributed by atoms with Gasteiger partial charge in [0.2, 0.25) is 5.88 Å². The van der Waals surface area contributed by atoms with Crippen LogP contribution in [0.3, 0.4) is 0 Å². The number of methoxy groups -OCH3 is 1. The maximum absolute atomic E-state index is 15.1. The van der Waals surface area contributed by atoms with Crippen molar-refractivity contribution < 1.29 is 23.4 Å². The van der Waals surface area contributed by atoms with E-state index in [0.29, 0.717) is 37.8 Å². The molecule has 0 fully saturated rings. The molecule has 194 valence electrons. The summed E-state index contributed by atoms with van der Waals surface area (Å²) in [5.41, 5.74) is 3.66. The number of rotatable bonds is 7. The maximum Gasteiger partial charge on any atom is 0.412 e. The Morgan fingerprint density at radius 3 is 2.71 bits per heavy atom. The van der Waals surface area contributed by atoms with Gasteiger partial charge in [0, 0.05) is 11.6 Å². The largest absolute Gasteiger partial charge is 0.487 e. The summed E-state index contributed by atoms with van der Waals surface area (Å²) in [4.78, 5) is 33.2. The van der Waals surface area contributed by atoms with Crippen LogP contribution in [0, 0.1) is 12.7 Å². The first-order valence-corrected chi connectivity index (χ1v) is 12.5. The molecule has 3 aromatic heterocycles. The molecule has 0 spiro atoms. The van der Waals surface area contributed by atoms with Crippen LogP contribution in [0.1, 0.15) is 12.5 Å². The molecule has 0 aliphatic carbocycles. The van der Waals surface area contributed by atoms with Gasteiger partial charge in [-0.2, -0.15) is 0 Å². The molecule has 0 bridgehead atoms. The first kappa shape index (κ1) is 25.5. The van der Waals surface area contributed by atoms with Gasteiger partial charge < -0.3 is 14.2 Å². The maximum atomic E-state index is 15.1. The fraction of sp³-hybridized carbons (Fsp3) is 0.200. The topological polar surface area (TPSA) is 121 Å². The second-order valence-corrected chi connectivity index (χ2v) is 9.65. The molecule has 0 radical (unpaired) electrons. The van der Waals surface area contributed by atoms with Gasteiger partial charge in [-0.05, 0) is 31.5 Å². The fourth-order valence-electron chi connectivity index (χ4n) is 3.65. The number of aromatic nitrogens is 5. The third-order valence-electron chi connectivity index (χ3n) is 5.33. The Labute approximate surface area is 224 Å². The number of anilines is 1. The van der Waals surface area contributed by atoms with Crippen molar-refractivity contribution in [2.24, 2.45) is 0 Å². The van der Waals surface area contributed by atoms with E-state index >= 15 is 4.39 Å². The molecule has 0 aliphatic heterocycles. The summed E-state index contributed by atoms with van der Waals surface area (Å²) >= 11 is 7.67. The molecular formula is C25H20ClFN6O4S. The van der Waals surface area contributed by atoms with Crippen LogP contribution in [0.5, 0.6) is 11.6 Å². The van der Waals surface area contributed by atoms with Gasteiger partial charge in [0.05, 0.1) is 47.1 Å². The normalized spacial score (nSPS) is 11.9. The summed E-state index contributed by atoms with van der Waals surface area (Å²) in [6, 6.07) is 5.37. The molecule has 0 saturated carbocycles. The van der Waals surface area contributed by atoms with E-state index in [1.165, 1.54) is 49.4 Å². The minimum absolute atomic E-state index is 0.0800. The van der Waals surface area contributed by atoms with Gasteiger partial charge in [0.15, 0.2) is 11.6 Å². The van der Waals surface area contributed by atoms with Crippen LogP contribution in [0.15, 0.2) is 43.1 Å². The van der Waals surface area contributed by atoms with Gasteiger partial charge in [-0.1, -0.05) is 11.6 Å². The van der Waals surface area contributed by atoms with E-state index in [9.17, 15) is 4.79 Å². The van der Waals surface area contributed by atoms with Crippen molar-refractivity contribution in [1.29, 1.82) is 0 Å². The number of ether oxygens (including phenoxy) is 3. The summed E-state index contributed by atoms with van der Waals surface area (Å²) in [5, 5.41) is 2.93. The zero-order valence-corrected chi connectivity index (χ0v) is 21.9. The highest BCUT2D eigenvalue weighted by Gasteiger charge is 2.21. The van der Waals surface area contributed by atoms with Crippen LogP contribution < -0.4 is 14.8 Å². The summed E-state index contributed by atoms with van der Waals surface area (Å²) < 4.78 is 31.8. The summed E-state index contributed by atoms with van der Waals surface area (Å²) in [5.74, 6) is -0.439. The lowest BCUT2D eigenvalue weighted by Crippen LogP contribution is -2.25. The molecule has 3 heterocycles. The fourth-order valence-corrected chi connectivity index (χ4v) is 4.96. The summed E-state index contributed by atoms with van der Waals surface area (Å²) in [7, 11) is 1.53. The molecule has 5 aromatic rings. The van der Waals surface area contributed by atoms with E-state index in [2.05, 4.69) is 30.2 Å². The molecule has 1 atom stereocenters. The number of fused-ring (bicyclic) bond motifs is 2. The average Bonchev–Trinajstić information content (AvgIpc) is 3.33. The van der Waals surface area contributed by atoms with E-state index < -0.39 is 18.0 Å². The molecule has 5 rings (SSSR count). The molecule has 0 unspecified atom stereocenters. The molecule has 2 aromatic carbocycles. The van der Waals surface area contributed by atoms with Gasteiger partial charge in [-0.3, -0.25) is 5.32 Å². The third kappa shape index (κ3) is 5.27. The highest BCUT2D eigenvalue weighted by molar-refractivity contribution is 7.21. The molecule has 0 aliphatic rings. The number of aryl methyl sites for hydroxylation is 1. The van der Waals surface area contributed by atoms with Gasteiger partial charge in [-0.25, -0.2) is 34.1 Å². The number of nitrogens with one attached hydrogen (secondary N) is 1. The molecule has 1 N–H and O–H groups in total. The number of carbonyl (C=O) groups is 1. The highest BCUT2D eigenvalue weighted by Crippen LogP contribution is 2.40.